The highest BCUT2D eigenvalue weighted by molar-refractivity contribution is 7.47. The Labute approximate surface area is 466 Å². The molecule has 6 aliphatic rings. The van der Waals surface area contributed by atoms with Crippen LogP contribution in [0.4, 0.5) is 4.79 Å². The second kappa shape index (κ2) is 28.1. The number of aliphatic hydroxyl groups excluding tert-OH is 12. The van der Waals surface area contributed by atoms with Gasteiger partial charge in [0.1, 0.15) is 103 Å². The number of carbonyl (C=O) groups excluding carboxylic acids is 6. The van der Waals surface area contributed by atoms with Gasteiger partial charge in [-0.2, -0.15) is 0 Å². The van der Waals surface area contributed by atoms with Crippen molar-refractivity contribution < 1.29 is 166 Å². The van der Waals surface area contributed by atoms with Gasteiger partial charge >= 0.3 is 19.9 Å². The second-order valence-electron chi connectivity index (χ2n) is 19.6. The van der Waals surface area contributed by atoms with Gasteiger partial charge in [-0.15, -0.1) is 0 Å². The fraction of sp³-hybridized carbons (Fsp3) is 0.791. The molecule has 0 aromatic rings. The number of aliphatic carboxylic acids is 1. The van der Waals surface area contributed by atoms with Gasteiger partial charge in [0, 0.05) is 26.7 Å². The zero-order chi connectivity index (χ0) is 61.8. The van der Waals surface area contributed by atoms with E-state index in [0.717, 1.165) is 13.8 Å². The number of phosphoric ester groups is 1. The largest absolute Gasteiger partial charge is 0.510 e. The van der Waals surface area contributed by atoms with Crippen molar-refractivity contribution in [1.29, 1.82) is 0 Å². The topological polar surface area (TPSA) is 619 Å². The Bertz CT molecular complexity index is 2430. The Kier molecular flexibility index (Phi) is 22.8. The number of aliphatic hydroxyl groups is 12. The first-order valence-corrected chi connectivity index (χ1v) is 26.5. The first kappa shape index (κ1) is 67.3. The van der Waals surface area contributed by atoms with Crippen molar-refractivity contribution in [2.75, 3.05) is 19.8 Å². The Morgan fingerprint density at radius 2 is 1.20 bits per heavy atom. The lowest BCUT2D eigenvalue weighted by atomic mass is 9.93. The predicted molar refractivity (Wildman–Crippen MR) is 252 cm³/mol. The summed E-state index contributed by atoms with van der Waals surface area (Å²) in [6.07, 6.45) is -53.7. The Morgan fingerprint density at radius 3 is 1.76 bits per heavy atom. The average Bonchev–Trinajstić information content (AvgIpc) is 3.59. The highest BCUT2D eigenvalue weighted by Crippen LogP contribution is 2.48. The van der Waals surface area contributed by atoms with Crippen molar-refractivity contribution in [3.63, 3.8) is 0 Å². The third-order valence-electron chi connectivity index (χ3n) is 13.6. The molecule has 5 aliphatic heterocycles. The van der Waals surface area contributed by atoms with Gasteiger partial charge in [-0.05, 0) is 6.92 Å². The number of phosphoric acid groups is 1. The molecule has 1 aliphatic carbocycles. The van der Waals surface area contributed by atoms with E-state index >= 15 is 0 Å². The van der Waals surface area contributed by atoms with E-state index in [0.29, 0.717) is 0 Å². The lowest BCUT2D eigenvalue weighted by Crippen LogP contribution is -2.71. The third-order valence-corrected chi connectivity index (χ3v) is 14.5. The van der Waals surface area contributed by atoms with Crippen molar-refractivity contribution in [1.82, 2.24) is 16.0 Å². The number of carboxylic acid groups (broad SMARTS) is 1. The molecule has 21 N–H and O–H groups in total. The smallest absolute Gasteiger partial charge is 0.474 e. The maximum atomic E-state index is 13.3. The molecule has 0 aromatic heterocycles. The summed E-state index contributed by atoms with van der Waals surface area (Å²) in [5, 5.41) is 145. The molecule has 5 amide bonds. The lowest BCUT2D eigenvalue weighted by molar-refractivity contribution is -0.371. The molecule has 0 saturated carbocycles. The molecule has 39 nitrogen and oxygen atoms in total. The van der Waals surface area contributed by atoms with Gasteiger partial charge < -0.3 is 146 Å². The molecule has 5 saturated heterocycles. The van der Waals surface area contributed by atoms with Crippen LogP contribution in [0.25, 0.3) is 0 Å². The molecule has 5 fully saturated rings. The fourth-order valence-electron chi connectivity index (χ4n) is 9.41. The molecule has 0 spiro atoms. The minimum atomic E-state index is -5.77. The molecule has 0 bridgehead atoms. The Hall–Kier alpha value is -4.86. The van der Waals surface area contributed by atoms with Gasteiger partial charge in [0.25, 0.3) is 5.91 Å². The molecule has 0 aromatic carbocycles. The van der Waals surface area contributed by atoms with Crippen molar-refractivity contribution in [2.24, 2.45) is 11.5 Å². The molecular formula is C43H66N5O34P. The molecule has 21 unspecified atom stereocenters. The Morgan fingerprint density at radius 1 is 0.663 bits per heavy atom. The summed E-state index contributed by atoms with van der Waals surface area (Å²) < 4.78 is 80.0. The first-order valence-electron chi connectivity index (χ1n) is 25.0. The number of nitrogens with two attached hydrogens (primary N) is 2. The fourth-order valence-corrected chi connectivity index (χ4v) is 10.2. The van der Waals surface area contributed by atoms with Crippen LogP contribution in [0.5, 0.6) is 0 Å². The van der Waals surface area contributed by atoms with Crippen molar-refractivity contribution in [3.05, 3.63) is 11.5 Å². The van der Waals surface area contributed by atoms with Crippen molar-refractivity contribution in [3.8, 4) is 0 Å². The molecule has 0 radical (unpaired) electrons. The van der Waals surface area contributed by atoms with E-state index in [9.17, 15) is 104 Å². The SMILES string of the molecule is CC(=O)NC1C(OC2C(COC3OC(CO)C(O)C(O)C3O)OC(OC3C(OP(=O)(O)OC[C@@H](O)C(=O)O)OC(C(N)=O)C(O)[C@@H]3OC(N)=O)C(NC(C)=O)[C@H]2O)OC(C)C(O[C@@H]2OC(C(=O)NC3=C(O)CCC3=O)[C@H](O)C(O)C2O)[C@@H]1O. The van der Waals surface area contributed by atoms with Gasteiger partial charge in [0.15, 0.2) is 67.8 Å². The average molecular weight is 1230 g/mol. The standard InChI is InChI=1S/C43H66N5O34P/c1-9-29(76-41-27(62)24(59)25(60)33(79-41)36(65)48-17-12(52)4-5-13(17)53)21(56)18(46-10(2)50)38(73-9)77-30-16(8-71-40-26(61)23(58)20(55)15(6-49)74-40)75-39(19(22(30)57)47-11(3)51)80-34-31(81-43(45)68)28(63)32(35(44)64)78-42(34)82-83(69,70)72-7-14(54)37(66)67/h9,14-16,18-34,38-42,49,52,54-63H,4-8H2,1-3H3,(H2,44,64)(H2,45,68)(H,46,50)(H,47,51)(H,48,65)(H,66,67)(H,69,70)/t9?,14-,15?,16?,18?,19?,20?,21-,22-,23?,24?,25-,26?,27?,28?,29?,30?,31+,32?,33?,34?,38?,39?,40?,41-,42?/m1/s1. The summed E-state index contributed by atoms with van der Waals surface area (Å²) in [4.78, 5) is 97.9. The first-order chi connectivity index (χ1) is 38.8. The number of nitrogens with one attached hydrogen (secondary N) is 3. The summed E-state index contributed by atoms with van der Waals surface area (Å²) in [6.45, 7) is -0.469. The number of allylic oxidation sites excluding steroid dienone is 2. The van der Waals surface area contributed by atoms with Crippen LogP contribution in [0.1, 0.15) is 33.6 Å². The molecule has 472 valence electrons. The number of hydrogen-bond donors (Lipinski definition) is 19. The van der Waals surface area contributed by atoms with Crippen LogP contribution in [-0.2, 0) is 89.7 Å². The van der Waals surface area contributed by atoms with Crippen LogP contribution < -0.4 is 27.4 Å². The number of primary amides is 2. The number of ether oxygens (including phenoxy) is 10. The van der Waals surface area contributed by atoms with E-state index in [4.69, 9.17) is 68.5 Å². The van der Waals surface area contributed by atoms with Gasteiger partial charge in [-0.25, -0.2) is 14.2 Å². The molecule has 5 heterocycles. The van der Waals surface area contributed by atoms with Crippen LogP contribution in [0.3, 0.4) is 0 Å². The van der Waals surface area contributed by atoms with Crippen LogP contribution in [0.2, 0.25) is 0 Å². The minimum Gasteiger partial charge on any atom is -0.510 e. The van der Waals surface area contributed by atoms with Crippen LogP contribution in [0.15, 0.2) is 11.5 Å². The van der Waals surface area contributed by atoms with Crippen molar-refractivity contribution in [2.45, 2.75) is 193 Å². The third kappa shape index (κ3) is 15.8. The maximum Gasteiger partial charge on any atom is 0.474 e. The normalized spacial score (nSPS) is 41.5. The number of Topliss-reactive ketones (excluding diaryl/α,β-unsaturated/α-hetero) is 1. The highest BCUT2D eigenvalue weighted by atomic mass is 31.2. The monoisotopic (exact) mass is 1230 g/mol. The van der Waals surface area contributed by atoms with E-state index < -0.39 is 240 Å². The zero-order valence-corrected chi connectivity index (χ0v) is 44.5. The van der Waals surface area contributed by atoms with E-state index in [2.05, 4.69) is 20.5 Å². The minimum absolute atomic E-state index is 0.125. The van der Waals surface area contributed by atoms with E-state index in [1.165, 1.54) is 6.92 Å². The van der Waals surface area contributed by atoms with Gasteiger partial charge in [-0.3, -0.25) is 33.0 Å². The van der Waals surface area contributed by atoms with Crippen LogP contribution in [-0.4, -0.2) is 292 Å². The Balaban J connectivity index is 1.35. The quantitative estimate of drug-likeness (QED) is 0.0448. The van der Waals surface area contributed by atoms with Crippen LogP contribution >= 0.6 is 7.82 Å². The van der Waals surface area contributed by atoms with Gasteiger partial charge in [-0.1, -0.05) is 0 Å². The summed E-state index contributed by atoms with van der Waals surface area (Å²) in [6, 6.07) is -3.97. The lowest BCUT2D eigenvalue weighted by Gasteiger charge is -2.50. The van der Waals surface area contributed by atoms with Gasteiger partial charge in [0.05, 0.1) is 25.9 Å². The molecule has 83 heavy (non-hydrogen) atoms. The van der Waals surface area contributed by atoms with Crippen molar-refractivity contribution >= 4 is 49.3 Å². The zero-order valence-electron chi connectivity index (χ0n) is 43.6. The number of amides is 5. The van der Waals surface area contributed by atoms with E-state index in [1.807, 2.05) is 0 Å². The highest BCUT2D eigenvalue weighted by Gasteiger charge is 2.59. The van der Waals surface area contributed by atoms with E-state index in [1.54, 1.807) is 0 Å². The summed E-state index contributed by atoms with van der Waals surface area (Å²) >= 11 is 0. The number of hydrogen-bond acceptors (Lipinski definition) is 32. The second-order valence-corrected chi connectivity index (χ2v) is 21.0. The molecule has 27 atom stereocenters. The number of rotatable bonds is 22. The molecule has 6 rings (SSSR count). The molecule has 40 heteroatoms. The molecular weight excluding hydrogens is 1160 g/mol. The summed E-state index contributed by atoms with van der Waals surface area (Å²) in [7, 11) is -5.77. The van der Waals surface area contributed by atoms with E-state index in [-0.39, 0.29) is 12.8 Å². The predicted octanol–water partition coefficient (Wildman–Crippen LogP) is -11.2. The summed E-state index contributed by atoms with van der Waals surface area (Å²) in [5.41, 5.74) is 10.1. The summed E-state index contributed by atoms with van der Waals surface area (Å²) in [5.74, 6) is -7.94. The number of ketones is 1. The van der Waals surface area contributed by atoms with Gasteiger partial charge in [0.2, 0.25) is 17.7 Å². The van der Waals surface area contributed by atoms with Crippen LogP contribution in [0, 0.1) is 0 Å². The maximum absolute atomic E-state index is 13.3. The number of carboxylic acids is 1. The number of carbonyl (C=O) groups is 7.